The van der Waals surface area contributed by atoms with Gasteiger partial charge in [-0.05, 0) is 54.6 Å². The van der Waals surface area contributed by atoms with Crippen molar-refractivity contribution < 1.29 is 9.53 Å². The molecular formula is C20H18Cl2N2O2S2. The summed E-state index contributed by atoms with van der Waals surface area (Å²) < 4.78 is 5.14. The molecule has 0 saturated heterocycles. The Morgan fingerprint density at radius 1 is 1.21 bits per heavy atom. The van der Waals surface area contributed by atoms with Gasteiger partial charge in [-0.15, -0.1) is 23.1 Å². The number of benzene rings is 2. The molecule has 0 radical (unpaired) electrons. The molecule has 1 N–H and O–H groups in total. The number of amides is 1. The minimum absolute atomic E-state index is 0.0478. The normalized spacial score (nSPS) is 10.7. The van der Waals surface area contributed by atoms with Crippen LogP contribution in [0.15, 0.2) is 52.7 Å². The maximum absolute atomic E-state index is 12.2. The molecule has 4 nitrogen and oxygen atoms in total. The van der Waals surface area contributed by atoms with Crippen molar-refractivity contribution >= 4 is 57.3 Å². The molecule has 0 bridgehead atoms. The molecule has 28 heavy (non-hydrogen) atoms. The van der Waals surface area contributed by atoms with Gasteiger partial charge in [-0.1, -0.05) is 23.2 Å². The second-order valence-electron chi connectivity index (χ2n) is 5.84. The van der Waals surface area contributed by atoms with Gasteiger partial charge in [-0.2, -0.15) is 0 Å². The Morgan fingerprint density at radius 3 is 2.75 bits per heavy atom. The van der Waals surface area contributed by atoms with Gasteiger partial charge in [0.15, 0.2) is 5.13 Å². The monoisotopic (exact) mass is 452 g/mol. The SMILES string of the molecule is COc1ccc(SCCCC(=O)Nc2nc(-c3cc(Cl)ccc3Cl)cs2)cc1. The largest absolute Gasteiger partial charge is 0.497 e. The van der Waals surface area contributed by atoms with Crippen molar-refractivity contribution in [2.45, 2.75) is 17.7 Å². The Hall–Kier alpha value is -1.73. The third kappa shape index (κ3) is 5.88. The predicted octanol–water partition coefficient (Wildman–Crippen LogP) is 6.64. The zero-order chi connectivity index (χ0) is 19.9. The number of halogens is 2. The van der Waals surface area contributed by atoms with E-state index in [4.69, 9.17) is 27.9 Å². The average molecular weight is 453 g/mol. The zero-order valence-corrected chi connectivity index (χ0v) is 18.2. The molecule has 0 fully saturated rings. The molecule has 1 aromatic heterocycles. The number of hydrogen-bond donors (Lipinski definition) is 1. The van der Waals surface area contributed by atoms with Gasteiger partial charge >= 0.3 is 0 Å². The Bertz CT molecular complexity index is 946. The van der Waals surface area contributed by atoms with Crippen molar-refractivity contribution in [3.05, 3.63) is 57.9 Å². The fourth-order valence-corrected chi connectivity index (χ4v) is 4.39. The fraction of sp³-hybridized carbons (Fsp3) is 0.200. The highest BCUT2D eigenvalue weighted by Gasteiger charge is 2.11. The minimum Gasteiger partial charge on any atom is -0.497 e. The molecule has 0 atom stereocenters. The first-order valence-corrected chi connectivity index (χ1v) is 11.1. The summed E-state index contributed by atoms with van der Waals surface area (Å²) in [5.41, 5.74) is 1.45. The van der Waals surface area contributed by atoms with Gasteiger partial charge in [0, 0.05) is 27.3 Å². The molecule has 0 aliphatic heterocycles. The van der Waals surface area contributed by atoms with Crippen LogP contribution >= 0.6 is 46.3 Å². The third-order valence-corrected chi connectivity index (χ3v) is 6.25. The molecule has 2 aromatic carbocycles. The molecule has 0 saturated carbocycles. The number of aromatic nitrogens is 1. The van der Waals surface area contributed by atoms with E-state index >= 15 is 0 Å². The molecule has 0 unspecified atom stereocenters. The number of carbonyl (C=O) groups is 1. The molecule has 0 aliphatic carbocycles. The Labute approximate surface area is 182 Å². The highest BCUT2D eigenvalue weighted by molar-refractivity contribution is 7.99. The second kappa shape index (κ2) is 10.2. The van der Waals surface area contributed by atoms with E-state index in [-0.39, 0.29) is 5.91 Å². The summed E-state index contributed by atoms with van der Waals surface area (Å²) in [4.78, 5) is 17.8. The first-order valence-electron chi connectivity index (χ1n) is 8.53. The Morgan fingerprint density at radius 2 is 2.00 bits per heavy atom. The minimum atomic E-state index is -0.0478. The lowest BCUT2D eigenvalue weighted by molar-refractivity contribution is -0.116. The smallest absolute Gasteiger partial charge is 0.226 e. The molecule has 1 amide bonds. The van der Waals surface area contributed by atoms with Crippen LogP contribution in [0, 0.1) is 0 Å². The number of hydrogen-bond acceptors (Lipinski definition) is 5. The van der Waals surface area contributed by atoms with Crippen molar-refractivity contribution in [1.82, 2.24) is 4.98 Å². The van der Waals surface area contributed by atoms with Gasteiger partial charge in [0.05, 0.1) is 17.8 Å². The van der Waals surface area contributed by atoms with Crippen LogP contribution in [-0.2, 0) is 4.79 Å². The number of ether oxygens (including phenoxy) is 1. The number of carbonyl (C=O) groups excluding carboxylic acids is 1. The standard InChI is InChI=1S/C20H18Cl2N2O2S2/c1-26-14-5-7-15(8-6-14)27-10-2-3-19(25)24-20-23-18(12-28-20)16-11-13(21)4-9-17(16)22/h4-9,11-12H,2-3,10H2,1H3,(H,23,24,25). The maximum atomic E-state index is 12.2. The molecule has 3 aromatic rings. The van der Waals surface area contributed by atoms with E-state index in [2.05, 4.69) is 10.3 Å². The number of thiazole rings is 1. The molecular weight excluding hydrogens is 435 g/mol. The Kier molecular flexibility index (Phi) is 7.62. The van der Waals surface area contributed by atoms with Crippen LogP contribution in [0.1, 0.15) is 12.8 Å². The van der Waals surface area contributed by atoms with E-state index in [0.717, 1.165) is 28.4 Å². The van der Waals surface area contributed by atoms with Gasteiger partial charge in [-0.25, -0.2) is 4.98 Å². The first kappa shape index (κ1) is 21.0. The van der Waals surface area contributed by atoms with Crippen LogP contribution < -0.4 is 10.1 Å². The summed E-state index contributed by atoms with van der Waals surface area (Å²) in [6, 6.07) is 13.1. The summed E-state index contributed by atoms with van der Waals surface area (Å²) in [7, 11) is 1.65. The molecule has 8 heteroatoms. The van der Waals surface area contributed by atoms with Gasteiger partial charge < -0.3 is 10.1 Å². The highest BCUT2D eigenvalue weighted by Crippen LogP contribution is 2.32. The number of methoxy groups -OCH3 is 1. The molecule has 0 aliphatic rings. The summed E-state index contributed by atoms with van der Waals surface area (Å²) in [6.45, 7) is 0. The van der Waals surface area contributed by atoms with E-state index in [0.29, 0.717) is 27.3 Å². The second-order valence-corrected chi connectivity index (χ2v) is 8.71. The van der Waals surface area contributed by atoms with Crippen molar-refractivity contribution in [1.29, 1.82) is 0 Å². The topological polar surface area (TPSA) is 51.2 Å². The Balaban J connectivity index is 1.46. The lowest BCUT2D eigenvalue weighted by Gasteiger charge is -2.04. The van der Waals surface area contributed by atoms with E-state index in [1.807, 2.05) is 29.6 Å². The summed E-state index contributed by atoms with van der Waals surface area (Å²) in [5.74, 6) is 1.65. The van der Waals surface area contributed by atoms with Crippen molar-refractivity contribution in [3.63, 3.8) is 0 Å². The summed E-state index contributed by atoms with van der Waals surface area (Å²) in [5, 5.41) is 6.42. The average Bonchev–Trinajstić information content (AvgIpc) is 3.15. The van der Waals surface area contributed by atoms with Gasteiger partial charge in [-0.3, -0.25) is 4.79 Å². The van der Waals surface area contributed by atoms with Crippen LogP contribution in [0.2, 0.25) is 10.0 Å². The lowest BCUT2D eigenvalue weighted by atomic mass is 10.2. The van der Waals surface area contributed by atoms with Crippen molar-refractivity contribution in [2.24, 2.45) is 0 Å². The van der Waals surface area contributed by atoms with Crippen LogP contribution in [0.5, 0.6) is 5.75 Å². The zero-order valence-electron chi connectivity index (χ0n) is 15.1. The molecule has 1 heterocycles. The molecule has 3 rings (SSSR count). The summed E-state index contributed by atoms with van der Waals surface area (Å²) in [6.07, 6.45) is 1.22. The number of thioether (sulfide) groups is 1. The van der Waals surface area contributed by atoms with E-state index in [9.17, 15) is 4.79 Å². The van der Waals surface area contributed by atoms with Crippen LogP contribution in [0.3, 0.4) is 0 Å². The first-order chi connectivity index (χ1) is 13.5. The molecule has 0 spiro atoms. The van der Waals surface area contributed by atoms with Crippen molar-refractivity contribution in [3.8, 4) is 17.0 Å². The predicted molar refractivity (Wildman–Crippen MR) is 119 cm³/mol. The van der Waals surface area contributed by atoms with Gasteiger partial charge in [0.2, 0.25) is 5.91 Å². The van der Waals surface area contributed by atoms with Crippen LogP contribution in [-0.4, -0.2) is 23.8 Å². The van der Waals surface area contributed by atoms with Gasteiger partial charge in [0.25, 0.3) is 0 Å². The number of rotatable bonds is 8. The summed E-state index contributed by atoms with van der Waals surface area (Å²) >= 11 is 15.3. The quantitative estimate of drug-likeness (QED) is 0.307. The number of nitrogens with one attached hydrogen (secondary N) is 1. The molecule has 146 valence electrons. The van der Waals surface area contributed by atoms with Crippen LogP contribution in [0.25, 0.3) is 11.3 Å². The number of nitrogens with zero attached hydrogens (tertiary/aromatic N) is 1. The fourth-order valence-electron chi connectivity index (χ4n) is 2.43. The van der Waals surface area contributed by atoms with E-state index in [1.165, 1.54) is 11.3 Å². The maximum Gasteiger partial charge on any atom is 0.226 e. The van der Waals surface area contributed by atoms with Crippen molar-refractivity contribution in [2.75, 3.05) is 18.2 Å². The van der Waals surface area contributed by atoms with E-state index < -0.39 is 0 Å². The highest BCUT2D eigenvalue weighted by atomic mass is 35.5. The van der Waals surface area contributed by atoms with Crippen LogP contribution in [0.4, 0.5) is 5.13 Å². The number of anilines is 1. The van der Waals surface area contributed by atoms with E-state index in [1.54, 1.807) is 37.1 Å². The third-order valence-electron chi connectivity index (χ3n) is 3.83. The van der Waals surface area contributed by atoms with Gasteiger partial charge in [0.1, 0.15) is 5.75 Å². The lowest BCUT2D eigenvalue weighted by Crippen LogP contribution is -2.11.